The van der Waals surface area contributed by atoms with E-state index in [1.165, 1.54) is 0 Å². The molecule has 2 radical (unpaired) electrons. The van der Waals surface area contributed by atoms with Crippen molar-refractivity contribution in [2.24, 2.45) is 0 Å². The molecule has 0 aliphatic heterocycles. The minimum absolute atomic E-state index is 0.722. The van der Waals surface area contributed by atoms with Gasteiger partial charge >= 0.3 is 0 Å². The smallest absolute Gasteiger partial charge is 0.216 e. The minimum Gasteiger partial charge on any atom is -0.216 e. The lowest BCUT2D eigenvalue weighted by atomic mass is 10.9. The first kappa shape index (κ1) is 11.5. The van der Waals surface area contributed by atoms with Gasteiger partial charge in [-0.25, -0.2) is 8.78 Å². The van der Waals surface area contributed by atoms with Crippen molar-refractivity contribution < 1.29 is 8.78 Å². The lowest BCUT2D eigenvalue weighted by Gasteiger charge is -1.92. The zero-order valence-electron chi connectivity index (χ0n) is 3.89. The van der Waals surface area contributed by atoms with Crippen LogP contribution in [0.5, 0.6) is 0 Å². The first-order chi connectivity index (χ1) is 3.41. The summed E-state index contributed by atoms with van der Waals surface area (Å²) >= 11 is 13.3. The van der Waals surface area contributed by atoms with Gasteiger partial charge in [-0.2, -0.15) is 0 Å². The monoisotopic (exact) mass is 182 g/mol. The first-order valence-electron chi connectivity index (χ1n) is 1.44. The lowest BCUT2D eigenvalue weighted by molar-refractivity contribution is 0.424. The van der Waals surface area contributed by atoms with E-state index in [2.05, 4.69) is 34.8 Å². The molecule has 0 aliphatic carbocycles. The molecule has 0 saturated heterocycles. The summed E-state index contributed by atoms with van der Waals surface area (Å²) in [4.78, 5) is 0. The summed E-state index contributed by atoms with van der Waals surface area (Å²) in [5.41, 5.74) is 0. The molecule has 0 rings (SSSR count). The third kappa shape index (κ3) is 415. The van der Waals surface area contributed by atoms with Crippen LogP contribution in [0.4, 0.5) is 8.78 Å². The molecular weight excluding hydrogens is 180 g/mol. The van der Waals surface area contributed by atoms with Gasteiger partial charge in [0.25, 0.3) is 10.7 Å². The topological polar surface area (TPSA) is 0 Å². The third-order valence-electron chi connectivity index (χ3n) is 0. The molecule has 0 atom stereocenters. The number of halogens is 5. The fourth-order valence-electron chi connectivity index (χ4n) is 0. The maximum atomic E-state index is 11.2. The Morgan fingerprint density at radius 1 is 1.50 bits per heavy atom. The second kappa shape index (κ2) is 5.86. The Kier molecular flexibility index (Phi) is 8.44. The van der Waals surface area contributed by atoms with Crippen LogP contribution in [0.15, 0.2) is 0 Å². The molecule has 0 aromatic rings. The SMILES string of the molecule is CC(F)(Cl)Cl.F[C]Cl. The van der Waals surface area contributed by atoms with Crippen LogP contribution in [0.1, 0.15) is 6.92 Å². The maximum Gasteiger partial charge on any atom is 0.288 e. The van der Waals surface area contributed by atoms with E-state index in [9.17, 15) is 8.78 Å². The maximum absolute atomic E-state index is 11.2. The molecule has 0 heterocycles. The van der Waals surface area contributed by atoms with Crippen molar-refractivity contribution in [2.45, 2.75) is 11.5 Å². The van der Waals surface area contributed by atoms with Gasteiger partial charge in [-0.05, 0) is 6.92 Å². The van der Waals surface area contributed by atoms with Gasteiger partial charge < -0.3 is 0 Å². The predicted octanol–water partition coefficient (Wildman–Crippen LogP) is 3.30. The quantitative estimate of drug-likeness (QED) is 0.506. The molecule has 5 heteroatoms. The van der Waals surface area contributed by atoms with Crippen molar-refractivity contribution in [1.82, 2.24) is 0 Å². The molecule has 8 heavy (non-hydrogen) atoms. The molecule has 0 fully saturated rings. The summed E-state index contributed by atoms with van der Waals surface area (Å²) in [6.45, 7) is 1.05. The van der Waals surface area contributed by atoms with E-state index in [1.54, 1.807) is 0 Å². The Labute approximate surface area is 61.7 Å². The van der Waals surface area contributed by atoms with Gasteiger partial charge in [-0.15, -0.1) is 0 Å². The van der Waals surface area contributed by atoms with E-state index < -0.39 is 4.59 Å². The molecule has 0 aliphatic rings. The molecule has 0 bridgehead atoms. The van der Waals surface area contributed by atoms with Crippen molar-refractivity contribution in [3.63, 3.8) is 0 Å². The zero-order valence-corrected chi connectivity index (χ0v) is 6.16. The standard InChI is InChI=1S/C2H3Cl2F.CClF/c1-2(3,4)5;2-1-3/h1H3;. The largest absolute Gasteiger partial charge is 0.288 e. The van der Waals surface area contributed by atoms with Crippen LogP contribution in [-0.4, -0.2) is 4.59 Å². The van der Waals surface area contributed by atoms with Gasteiger partial charge in [-0.1, -0.05) is 34.8 Å². The Bertz CT molecular complexity index is 36.3. The second-order valence-corrected chi connectivity index (χ2v) is 2.61. The zero-order chi connectivity index (χ0) is 7.21. The van der Waals surface area contributed by atoms with Crippen LogP contribution < -0.4 is 0 Å². The predicted molar refractivity (Wildman–Crippen MR) is 31.4 cm³/mol. The highest BCUT2D eigenvalue weighted by Gasteiger charge is 2.09. The highest BCUT2D eigenvalue weighted by Crippen LogP contribution is 2.19. The highest BCUT2D eigenvalue weighted by atomic mass is 35.5. The average Bonchev–Trinajstić information content (AvgIpc) is 1.27. The molecule has 0 spiro atoms. The minimum atomic E-state index is -2.06. The fraction of sp³-hybridized carbons (Fsp3) is 0.667. The number of rotatable bonds is 0. The summed E-state index contributed by atoms with van der Waals surface area (Å²) in [6.07, 6.45) is 0.722. The molecule has 0 unspecified atom stereocenters. The van der Waals surface area contributed by atoms with Gasteiger partial charge in [0.1, 0.15) is 0 Å². The number of alkyl halides is 3. The van der Waals surface area contributed by atoms with Crippen molar-refractivity contribution in [2.75, 3.05) is 0 Å². The molecule has 0 amide bonds. The molecule has 50 valence electrons. The Hall–Kier alpha value is 0.730. The van der Waals surface area contributed by atoms with E-state index in [4.69, 9.17) is 0 Å². The first-order valence-corrected chi connectivity index (χ1v) is 2.58. The van der Waals surface area contributed by atoms with E-state index in [0.717, 1.165) is 13.1 Å². The van der Waals surface area contributed by atoms with Crippen molar-refractivity contribution in [1.29, 1.82) is 0 Å². The molecule has 0 nitrogen and oxygen atoms in total. The molecular formula is C3H3Cl3F2. The Morgan fingerprint density at radius 2 is 1.50 bits per heavy atom. The van der Waals surface area contributed by atoms with Crippen LogP contribution in [0.3, 0.4) is 0 Å². The average molecular weight is 183 g/mol. The summed E-state index contributed by atoms with van der Waals surface area (Å²) in [6, 6.07) is 0. The van der Waals surface area contributed by atoms with Crippen LogP contribution in [0.2, 0.25) is 0 Å². The van der Waals surface area contributed by atoms with Crippen LogP contribution in [-0.2, 0) is 0 Å². The van der Waals surface area contributed by atoms with Gasteiger partial charge in [0.2, 0.25) is 0 Å². The summed E-state index contributed by atoms with van der Waals surface area (Å²) in [5, 5.41) is 0. The highest BCUT2D eigenvalue weighted by molar-refractivity contribution is 6.46. The van der Waals surface area contributed by atoms with Gasteiger partial charge in [0, 0.05) is 0 Å². The molecule has 0 N–H and O–H groups in total. The van der Waals surface area contributed by atoms with Gasteiger partial charge in [0.05, 0.1) is 0 Å². The van der Waals surface area contributed by atoms with E-state index >= 15 is 0 Å². The molecule has 0 aromatic carbocycles. The van der Waals surface area contributed by atoms with Crippen LogP contribution in [0.25, 0.3) is 0 Å². The summed E-state index contributed by atoms with van der Waals surface area (Å²) in [5.74, 6) is 0. The fourth-order valence-corrected chi connectivity index (χ4v) is 0. The number of hydrogen-bond donors (Lipinski definition) is 0. The summed E-state index contributed by atoms with van der Waals surface area (Å²) < 4.78 is 19.0. The number of hydrogen-bond acceptors (Lipinski definition) is 0. The lowest BCUT2D eigenvalue weighted by Crippen LogP contribution is -1.90. The van der Waals surface area contributed by atoms with E-state index in [0.29, 0.717) is 0 Å². The van der Waals surface area contributed by atoms with Crippen LogP contribution >= 0.6 is 34.8 Å². The Balaban J connectivity index is 0. The van der Waals surface area contributed by atoms with E-state index in [1.807, 2.05) is 0 Å². The van der Waals surface area contributed by atoms with Crippen molar-refractivity contribution >= 4 is 34.8 Å². The van der Waals surface area contributed by atoms with Crippen molar-refractivity contribution in [3.05, 3.63) is 6.13 Å². The molecule has 0 saturated carbocycles. The van der Waals surface area contributed by atoms with E-state index in [-0.39, 0.29) is 0 Å². The Morgan fingerprint density at radius 3 is 1.50 bits per heavy atom. The summed E-state index contributed by atoms with van der Waals surface area (Å²) in [7, 11) is 0. The van der Waals surface area contributed by atoms with Gasteiger partial charge in [-0.3, -0.25) is 0 Å². The van der Waals surface area contributed by atoms with Crippen LogP contribution in [0, 0.1) is 6.13 Å². The molecule has 0 aromatic heterocycles. The normalized spacial score (nSPS) is 9.75. The van der Waals surface area contributed by atoms with Gasteiger partial charge in [0.15, 0.2) is 0 Å². The second-order valence-electron chi connectivity index (χ2n) is 0.853. The van der Waals surface area contributed by atoms with Crippen molar-refractivity contribution in [3.8, 4) is 0 Å². The third-order valence-corrected chi connectivity index (χ3v) is 0.